The van der Waals surface area contributed by atoms with E-state index in [1.165, 1.54) is 0 Å². The number of halogens is 3. The number of hydrogen-bond donors (Lipinski definition) is 0. The molecule has 1 amide bonds. The van der Waals surface area contributed by atoms with E-state index in [9.17, 15) is 4.79 Å². The number of likely N-dealkylation sites (tertiary alicyclic amines) is 1. The molecule has 2 nitrogen and oxygen atoms in total. The van der Waals surface area contributed by atoms with Crippen LogP contribution in [0.25, 0.3) is 0 Å². The van der Waals surface area contributed by atoms with E-state index in [0.717, 1.165) is 33.1 Å². The molecule has 1 aliphatic rings. The molecular weight excluding hydrogens is 449 g/mol. The molecule has 1 atom stereocenters. The van der Waals surface area contributed by atoms with Gasteiger partial charge >= 0.3 is 0 Å². The van der Waals surface area contributed by atoms with Gasteiger partial charge in [-0.05, 0) is 47.2 Å². The van der Waals surface area contributed by atoms with Crippen LogP contribution < -0.4 is 0 Å². The molecule has 2 rings (SSSR count). The minimum atomic E-state index is 0.132. The third-order valence-electron chi connectivity index (χ3n) is 2.58. The predicted octanol–water partition coefficient (Wildman–Crippen LogP) is 3.66. The van der Waals surface area contributed by atoms with Crippen LogP contribution in [0.4, 0.5) is 0 Å². The van der Waals surface area contributed by atoms with Crippen LogP contribution in [-0.4, -0.2) is 28.7 Å². The highest BCUT2D eigenvalue weighted by Gasteiger charge is 2.26. The van der Waals surface area contributed by atoms with E-state index >= 15 is 0 Å². The van der Waals surface area contributed by atoms with Gasteiger partial charge in [0.2, 0.25) is 0 Å². The lowest BCUT2D eigenvalue weighted by Crippen LogP contribution is -2.29. The molecule has 0 aliphatic carbocycles. The maximum absolute atomic E-state index is 12.2. The molecule has 1 fully saturated rings. The number of alkyl halides is 1. The van der Waals surface area contributed by atoms with Crippen LogP contribution >= 0.6 is 54.5 Å². The number of rotatable bonds is 1. The largest absolute Gasteiger partial charge is 0.337 e. The van der Waals surface area contributed by atoms with E-state index in [2.05, 4.69) is 54.5 Å². The summed E-state index contributed by atoms with van der Waals surface area (Å²) in [5.41, 5.74) is 0.788. The van der Waals surface area contributed by atoms with E-state index in [1.54, 1.807) is 0 Å². The van der Waals surface area contributed by atoms with Gasteiger partial charge < -0.3 is 4.90 Å². The maximum atomic E-state index is 12.2. The average molecular weight is 459 g/mol. The molecule has 1 aromatic rings. The Balaban J connectivity index is 2.23. The molecule has 1 heterocycles. The van der Waals surface area contributed by atoms with Crippen molar-refractivity contribution in [3.05, 3.63) is 31.8 Å². The fraction of sp³-hybridized carbons (Fsp3) is 0.364. The van der Waals surface area contributed by atoms with Crippen LogP contribution in [0.1, 0.15) is 16.8 Å². The second kappa shape index (κ2) is 5.35. The zero-order valence-electron chi connectivity index (χ0n) is 8.42. The van der Waals surface area contributed by atoms with Gasteiger partial charge in [0.1, 0.15) is 0 Å². The van der Waals surface area contributed by atoms with E-state index in [1.807, 2.05) is 23.1 Å². The molecule has 1 unspecified atom stereocenters. The Morgan fingerprint density at radius 2 is 2.25 bits per heavy atom. The zero-order chi connectivity index (χ0) is 11.7. The van der Waals surface area contributed by atoms with Crippen LogP contribution in [0.5, 0.6) is 0 Å². The van der Waals surface area contributed by atoms with Crippen LogP contribution in [0.15, 0.2) is 22.7 Å². The monoisotopic (exact) mass is 457 g/mol. The van der Waals surface area contributed by atoms with Crippen LogP contribution in [0.2, 0.25) is 0 Å². The van der Waals surface area contributed by atoms with Crippen molar-refractivity contribution >= 4 is 60.4 Å². The summed E-state index contributed by atoms with van der Waals surface area (Å²) in [5, 5.41) is 0. The number of hydrogen-bond acceptors (Lipinski definition) is 1. The molecule has 0 aromatic heterocycles. The summed E-state index contributed by atoms with van der Waals surface area (Å²) < 4.78 is 1.95. The number of carbonyl (C=O) groups excluding carboxylic acids is 1. The summed E-state index contributed by atoms with van der Waals surface area (Å²) in [6.45, 7) is 1.65. The van der Waals surface area contributed by atoms with Gasteiger partial charge in [-0.15, -0.1) is 0 Å². The van der Waals surface area contributed by atoms with Gasteiger partial charge in [-0.1, -0.05) is 31.9 Å². The molecule has 0 saturated carbocycles. The van der Waals surface area contributed by atoms with Crippen molar-refractivity contribution in [2.24, 2.45) is 0 Å². The average Bonchev–Trinajstić information content (AvgIpc) is 2.67. The molecule has 0 N–H and O–H groups in total. The van der Waals surface area contributed by atoms with Gasteiger partial charge in [-0.25, -0.2) is 0 Å². The second-order valence-corrected chi connectivity index (χ2v) is 7.13. The highest BCUT2D eigenvalue weighted by atomic mass is 127. The van der Waals surface area contributed by atoms with Crippen LogP contribution in [-0.2, 0) is 0 Å². The zero-order valence-corrected chi connectivity index (χ0v) is 13.7. The first-order chi connectivity index (χ1) is 7.58. The summed E-state index contributed by atoms with van der Waals surface area (Å²) in [5.74, 6) is 0.132. The lowest BCUT2D eigenvalue weighted by Gasteiger charge is -2.16. The standard InChI is InChI=1S/C11H10Br2INO/c12-7-1-2-10(14)9(5-7)11(16)15-4-3-8(13)6-15/h1-2,5,8H,3-4,6H2. The SMILES string of the molecule is O=C(c1cc(Br)ccc1I)N1CCC(Br)C1. The molecule has 0 spiro atoms. The summed E-state index contributed by atoms with van der Waals surface area (Å²) in [6.07, 6.45) is 1.04. The Labute approximate surface area is 125 Å². The number of benzene rings is 1. The van der Waals surface area contributed by atoms with Crippen molar-refractivity contribution < 1.29 is 4.79 Å². The normalized spacial score (nSPS) is 20.2. The fourth-order valence-electron chi connectivity index (χ4n) is 1.73. The van der Waals surface area contributed by atoms with E-state index in [4.69, 9.17) is 0 Å². The molecule has 16 heavy (non-hydrogen) atoms. The van der Waals surface area contributed by atoms with Crippen LogP contribution in [0, 0.1) is 3.57 Å². The van der Waals surface area contributed by atoms with Gasteiger partial charge in [0.25, 0.3) is 5.91 Å². The first-order valence-corrected chi connectivity index (χ1v) is 7.75. The minimum absolute atomic E-state index is 0.132. The molecule has 0 bridgehead atoms. The Bertz CT molecular complexity index is 424. The Kier molecular flexibility index (Phi) is 4.29. The second-order valence-electron chi connectivity index (χ2n) is 3.76. The quantitative estimate of drug-likeness (QED) is 0.464. The highest BCUT2D eigenvalue weighted by molar-refractivity contribution is 14.1. The summed E-state index contributed by atoms with van der Waals surface area (Å²) in [7, 11) is 0. The molecule has 1 aliphatic heterocycles. The van der Waals surface area contributed by atoms with Crippen molar-refractivity contribution in [2.45, 2.75) is 11.2 Å². The third-order valence-corrected chi connectivity index (χ3v) is 4.76. The number of nitrogens with zero attached hydrogens (tertiary/aromatic N) is 1. The lowest BCUT2D eigenvalue weighted by molar-refractivity contribution is 0.0792. The van der Waals surface area contributed by atoms with Crippen molar-refractivity contribution in [2.75, 3.05) is 13.1 Å². The van der Waals surface area contributed by atoms with Crippen molar-refractivity contribution in [3.8, 4) is 0 Å². The fourth-order valence-corrected chi connectivity index (χ4v) is 3.22. The summed E-state index contributed by atoms with van der Waals surface area (Å²) in [4.78, 5) is 14.6. The van der Waals surface area contributed by atoms with Crippen LogP contribution in [0.3, 0.4) is 0 Å². The van der Waals surface area contributed by atoms with Gasteiger partial charge in [0.05, 0.1) is 5.56 Å². The Morgan fingerprint density at radius 3 is 2.88 bits per heavy atom. The van der Waals surface area contributed by atoms with Gasteiger partial charge in [-0.2, -0.15) is 0 Å². The van der Waals surface area contributed by atoms with E-state index in [-0.39, 0.29) is 5.91 Å². The smallest absolute Gasteiger partial charge is 0.255 e. The first kappa shape index (κ1) is 12.8. The maximum Gasteiger partial charge on any atom is 0.255 e. The van der Waals surface area contributed by atoms with E-state index in [0.29, 0.717) is 4.83 Å². The van der Waals surface area contributed by atoms with Crippen molar-refractivity contribution in [1.29, 1.82) is 0 Å². The molecule has 0 radical (unpaired) electrons. The third kappa shape index (κ3) is 2.79. The molecule has 1 saturated heterocycles. The van der Waals surface area contributed by atoms with Crippen molar-refractivity contribution in [3.63, 3.8) is 0 Å². The Morgan fingerprint density at radius 1 is 1.50 bits per heavy atom. The molecular formula is C11H10Br2INO. The molecule has 5 heteroatoms. The lowest BCUT2D eigenvalue weighted by atomic mass is 10.2. The summed E-state index contributed by atoms with van der Waals surface area (Å²) >= 11 is 9.15. The molecule has 1 aromatic carbocycles. The van der Waals surface area contributed by atoms with Gasteiger partial charge in [0.15, 0.2) is 0 Å². The van der Waals surface area contributed by atoms with E-state index < -0.39 is 0 Å². The predicted molar refractivity (Wildman–Crippen MR) is 80.1 cm³/mol. The van der Waals surface area contributed by atoms with Gasteiger partial charge in [-0.3, -0.25) is 4.79 Å². The van der Waals surface area contributed by atoms with Crippen molar-refractivity contribution in [1.82, 2.24) is 4.90 Å². The van der Waals surface area contributed by atoms with Gasteiger partial charge in [0, 0.05) is 26.0 Å². The minimum Gasteiger partial charge on any atom is -0.337 e. The highest BCUT2D eigenvalue weighted by Crippen LogP contribution is 2.23. The summed E-state index contributed by atoms with van der Waals surface area (Å²) in [6, 6.07) is 5.81. The Hall–Kier alpha value is 0.380. The topological polar surface area (TPSA) is 20.3 Å². The first-order valence-electron chi connectivity index (χ1n) is 4.96. The number of carbonyl (C=O) groups is 1. The molecule has 86 valence electrons. The number of amides is 1.